The van der Waals surface area contributed by atoms with Crippen molar-refractivity contribution in [1.29, 1.82) is 0 Å². The molecular weight excluding hydrogens is 428 g/mol. The second kappa shape index (κ2) is 9.40. The van der Waals surface area contributed by atoms with E-state index in [4.69, 9.17) is 4.42 Å². The van der Waals surface area contributed by atoms with Gasteiger partial charge in [0.2, 0.25) is 5.91 Å². The van der Waals surface area contributed by atoms with Gasteiger partial charge in [0, 0.05) is 37.3 Å². The van der Waals surface area contributed by atoms with Crippen molar-refractivity contribution in [3.05, 3.63) is 24.1 Å². The van der Waals surface area contributed by atoms with Crippen molar-refractivity contribution < 1.29 is 14.0 Å². The molecule has 0 saturated heterocycles. The van der Waals surface area contributed by atoms with Crippen LogP contribution in [0.15, 0.2) is 22.8 Å². The maximum absolute atomic E-state index is 13.9. The van der Waals surface area contributed by atoms with Gasteiger partial charge >= 0.3 is 0 Å². The zero-order valence-corrected chi connectivity index (χ0v) is 21.0. The van der Waals surface area contributed by atoms with E-state index in [1.54, 1.807) is 6.26 Å². The van der Waals surface area contributed by atoms with Crippen molar-refractivity contribution >= 4 is 22.9 Å². The largest absolute Gasteiger partial charge is 0.463 e. The van der Waals surface area contributed by atoms with Gasteiger partial charge in [-0.05, 0) is 45.6 Å². The van der Waals surface area contributed by atoms with Crippen LogP contribution in [0.3, 0.4) is 0 Å². The Kier molecular flexibility index (Phi) is 6.49. The lowest BCUT2D eigenvalue weighted by molar-refractivity contribution is -0.134. The van der Waals surface area contributed by atoms with Crippen LogP contribution in [0.1, 0.15) is 82.1 Å². The number of rotatable bonds is 6. The molecule has 2 aromatic heterocycles. The summed E-state index contributed by atoms with van der Waals surface area (Å²) >= 11 is 0. The molecule has 3 heterocycles. The summed E-state index contributed by atoms with van der Waals surface area (Å²) in [6, 6.07) is 4.47. The Morgan fingerprint density at radius 3 is 2.68 bits per heavy atom. The molecule has 2 fully saturated rings. The van der Waals surface area contributed by atoms with Gasteiger partial charge in [-0.1, -0.05) is 39.0 Å². The van der Waals surface area contributed by atoms with Crippen LogP contribution in [0.4, 0.5) is 0 Å². The van der Waals surface area contributed by atoms with E-state index in [1.807, 2.05) is 28.5 Å². The van der Waals surface area contributed by atoms with Gasteiger partial charge in [-0.25, -0.2) is 0 Å². The molecule has 2 aromatic rings. The maximum Gasteiger partial charge on any atom is 0.271 e. The molecule has 186 valence electrons. The van der Waals surface area contributed by atoms with Crippen LogP contribution in [0, 0.1) is 5.92 Å². The molecule has 0 radical (unpaired) electrons. The molecule has 7 nitrogen and oxygen atoms in total. The van der Waals surface area contributed by atoms with Gasteiger partial charge < -0.3 is 24.1 Å². The lowest BCUT2D eigenvalue weighted by Crippen LogP contribution is -2.66. The van der Waals surface area contributed by atoms with Crippen molar-refractivity contribution in [2.45, 2.75) is 95.8 Å². The molecule has 0 spiro atoms. The first-order valence-electron chi connectivity index (χ1n) is 13.3. The predicted molar refractivity (Wildman–Crippen MR) is 133 cm³/mol. The van der Waals surface area contributed by atoms with Crippen LogP contribution in [-0.2, 0) is 11.3 Å². The maximum atomic E-state index is 13.9. The Morgan fingerprint density at radius 1 is 1.18 bits per heavy atom. The summed E-state index contributed by atoms with van der Waals surface area (Å²) in [7, 11) is 2.17. The Labute approximate surface area is 202 Å². The fourth-order valence-electron chi connectivity index (χ4n) is 6.44. The number of nitrogens with one attached hydrogen (secondary N) is 1. The van der Waals surface area contributed by atoms with Crippen molar-refractivity contribution in [3.63, 3.8) is 0 Å². The molecule has 1 aliphatic heterocycles. The Balaban J connectivity index is 1.41. The smallest absolute Gasteiger partial charge is 0.271 e. The van der Waals surface area contributed by atoms with Crippen LogP contribution >= 0.6 is 0 Å². The van der Waals surface area contributed by atoms with E-state index in [9.17, 15) is 9.59 Å². The van der Waals surface area contributed by atoms with E-state index in [-0.39, 0.29) is 17.9 Å². The number of carbonyl (C=O) groups is 2. The fourth-order valence-corrected chi connectivity index (χ4v) is 6.44. The van der Waals surface area contributed by atoms with E-state index >= 15 is 0 Å². The summed E-state index contributed by atoms with van der Waals surface area (Å²) in [5, 5.41) is 3.36. The lowest BCUT2D eigenvalue weighted by Gasteiger charge is -2.46. The summed E-state index contributed by atoms with van der Waals surface area (Å²) in [4.78, 5) is 31.9. The molecular formula is C27H40N4O3. The summed E-state index contributed by atoms with van der Waals surface area (Å²) in [6.45, 7) is 5.94. The first-order valence-corrected chi connectivity index (χ1v) is 13.3. The number of aromatic nitrogens is 1. The molecule has 0 bridgehead atoms. The zero-order valence-electron chi connectivity index (χ0n) is 21.0. The molecule has 2 aliphatic carbocycles. The molecule has 2 amide bonds. The van der Waals surface area contributed by atoms with E-state index in [0.717, 1.165) is 31.3 Å². The molecule has 34 heavy (non-hydrogen) atoms. The van der Waals surface area contributed by atoms with Gasteiger partial charge in [0.05, 0.1) is 18.3 Å². The monoisotopic (exact) mass is 468 g/mol. The van der Waals surface area contributed by atoms with Crippen molar-refractivity contribution in [1.82, 2.24) is 19.7 Å². The molecule has 3 aliphatic rings. The van der Waals surface area contributed by atoms with Gasteiger partial charge in [-0.2, -0.15) is 0 Å². The van der Waals surface area contributed by atoms with Gasteiger partial charge in [-0.15, -0.1) is 0 Å². The minimum Gasteiger partial charge on any atom is -0.463 e. The van der Waals surface area contributed by atoms with Crippen LogP contribution in [0.5, 0.6) is 0 Å². The number of fused-ring (bicyclic) bond motifs is 3. The van der Waals surface area contributed by atoms with Crippen molar-refractivity contribution in [3.8, 4) is 0 Å². The zero-order chi connectivity index (χ0) is 23.9. The molecule has 3 atom stereocenters. The first-order chi connectivity index (χ1) is 16.4. The molecule has 1 N–H and O–H groups in total. The highest BCUT2D eigenvalue weighted by Gasteiger charge is 2.48. The second-order valence-corrected chi connectivity index (χ2v) is 11.1. The second-order valence-electron chi connectivity index (χ2n) is 11.1. The topological polar surface area (TPSA) is 70.7 Å². The van der Waals surface area contributed by atoms with Crippen LogP contribution < -0.4 is 5.32 Å². The third-order valence-electron chi connectivity index (χ3n) is 8.84. The summed E-state index contributed by atoms with van der Waals surface area (Å²) in [6.07, 6.45) is 12.5. The van der Waals surface area contributed by atoms with Crippen LogP contribution in [-0.4, -0.2) is 63.9 Å². The number of likely N-dealkylation sites (N-methyl/N-ethyl adjacent to an activating group) is 1. The Bertz CT molecular complexity index is 1040. The number of nitrogens with zero attached hydrogens (tertiary/aromatic N) is 3. The summed E-state index contributed by atoms with van der Waals surface area (Å²) in [5.74, 6) is 0.356. The normalized spacial score (nSPS) is 28.5. The highest BCUT2D eigenvalue weighted by molar-refractivity contribution is 6.02. The number of amides is 2. The number of furan rings is 1. The highest BCUT2D eigenvalue weighted by atomic mass is 16.3. The Hall–Kier alpha value is -2.28. The molecule has 0 unspecified atom stereocenters. The van der Waals surface area contributed by atoms with E-state index in [2.05, 4.69) is 24.2 Å². The van der Waals surface area contributed by atoms with E-state index in [0.29, 0.717) is 36.3 Å². The Morgan fingerprint density at radius 2 is 1.91 bits per heavy atom. The van der Waals surface area contributed by atoms with Crippen molar-refractivity contribution in [2.24, 2.45) is 5.92 Å². The molecule has 5 rings (SSSR count). The van der Waals surface area contributed by atoms with Gasteiger partial charge in [0.1, 0.15) is 11.2 Å². The summed E-state index contributed by atoms with van der Waals surface area (Å²) in [5.41, 5.74) is 1.25. The van der Waals surface area contributed by atoms with Crippen LogP contribution in [0.25, 0.3) is 11.1 Å². The van der Waals surface area contributed by atoms with E-state index in [1.165, 1.54) is 38.5 Å². The van der Waals surface area contributed by atoms with Crippen LogP contribution in [0.2, 0.25) is 0 Å². The number of hydrogen-bond acceptors (Lipinski definition) is 4. The number of hydrogen-bond donors (Lipinski definition) is 1. The first kappa shape index (κ1) is 23.5. The minimum absolute atomic E-state index is 0.0316. The molecule has 7 heteroatoms. The summed E-state index contributed by atoms with van der Waals surface area (Å²) < 4.78 is 7.57. The highest BCUT2D eigenvalue weighted by Crippen LogP contribution is 2.34. The third-order valence-corrected chi connectivity index (χ3v) is 8.84. The fraction of sp³-hybridized carbons (Fsp3) is 0.704. The molecule has 0 aromatic carbocycles. The average Bonchev–Trinajstić information content (AvgIpc) is 3.43. The van der Waals surface area contributed by atoms with Gasteiger partial charge in [0.25, 0.3) is 5.91 Å². The SMILES string of the molecule is C[C@@H]1CCCC[C@@H]1NC(=O)[C@@]1(C)Cn2c(cc3occc32)C(=O)N1CCN(C)C1CCCCC1. The number of carbonyl (C=O) groups excluding carboxylic acids is 2. The quantitative estimate of drug-likeness (QED) is 0.682. The minimum atomic E-state index is -0.947. The average molecular weight is 469 g/mol. The van der Waals surface area contributed by atoms with E-state index < -0.39 is 5.54 Å². The molecule has 2 saturated carbocycles. The van der Waals surface area contributed by atoms with Gasteiger partial charge in [-0.3, -0.25) is 9.59 Å². The lowest BCUT2D eigenvalue weighted by atomic mass is 9.85. The van der Waals surface area contributed by atoms with Crippen molar-refractivity contribution in [2.75, 3.05) is 20.1 Å². The van der Waals surface area contributed by atoms with Gasteiger partial charge in [0.15, 0.2) is 5.58 Å². The predicted octanol–water partition coefficient (Wildman–Crippen LogP) is 4.41. The third kappa shape index (κ3) is 4.16. The standard InChI is InChI=1S/C27H40N4O3/c1-19-9-7-8-12-21(19)28-26(33)27(2)18-30-22-13-16-34-24(22)17-23(30)25(32)31(27)15-14-29(3)20-10-5-4-6-11-20/h13,16-17,19-21H,4-12,14-15,18H2,1-3H3,(H,28,33)/t19-,21+,27-/m1/s1.